The number of halogens is 3. The first kappa shape index (κ1) is 16.3. The van der Waals surface area contributed by atoms with Gasteiger partial charge in [-0.2, -0.15) is 13.2 Å². The van der Waals surface area contributed by atoms with Crippen LogP contribution in [-0.2, 0) is 0 Å². The van der Waals surface area contributed by atoms with Crippen molar-refractivity contribution in [2.45, 2.75) is 63.6 Å². The Balaban J connectivity index is 2.00. The molecule has 21 heavy (non-hydrogen) atoms. The summed E-state index contributed by atoms with van der Waals surface area (Å²) in [5.41, 5.74) is 2.30. The molecule has 0 amide bonds. The van der Waals surface area contributed by atoms with Crippen molar-refractivity contribution >= 4 is 0 Å². The van der Waals surface area contributed by atoms with E-state index in [1.54, 1.807) is 0 Å². The molecule has 0 bridgehead atoms. The van der Waals surface area contributed by atoms with E-state index >= 15 is 0 Å². The molecule has 1 unspecified atom stereocenters. The summed E-state index contributed by atoms with van der Waals surface area (Å²) < 4.78 is 37.3. The Kier molecular flexibility index (Phi) is 5.68. The van der Waals surface area contributed by atoms with Crippen LogP contribution in [0.15, 0.2) is 24.3 Å². The van der Waals surface area contributed by atoms with Crippen molar-refractivity contribution in [3.63, 3.8) is 0 Å². The van der Waals surface area contributed by atoms with Crippen LogP contribution in [0.3, 0.4) is 0 Å². The Hall–Kier alpha value is -1.03. The monoisotopic (exact) mass is 299 g/mol. The molecule has 1 N–H and O–H groups in total. The molecule has 1 aliphatic rings. The van der Waals surface area contributed by atoms with Gasteiger partial charge in [0, 0.05) is 12.5 Å². The Labute approximate surface area is 124 Å². The minimum absolute atomic E-state index is 0.103. The number of hydrogen-bond acceptors (Lipinski definition) is 1. The second-order valence-corrected chi connectivity index (χ2v) is 5.96. The van der Waals surface area contributed by atoms with Crippen LogP contribution < -0.4 is 5.32 Å². The lowest BCUT2D eigenvalue weighted by atomic mass is 9.80. The molecular formula is C17H24F3N. The van der Waals surface area contributed by atoms with Crippen molar-refractivity contribution in [1.82, 2.24) is 5.32 Å². The average Bonchev–Trinajstić information content (AvgIpc) is 2.37. The summed E-state index contributed by atoms with van der Waals surface area (Å²) in [7, 11) is 0. The minimum Gasteiger partial charge on any atom is -0.310 e. The van der Waals surface area contributed by atoms with Gasteiger partial charge >= 0.3 is 6.18 Å². The lowest BCUT2D eigenvalue weighted by Crippen LogP contribution is -2.24. The highest BCUT2D eigenvalue weighted by molar-refractivity contribution is 5.28. The van der Waals surface area contributed by atoms with Gasteiger partial charge in [0.05, 0.1) is 0 Å². The highest BCUT2D eigenvalue weighted by atomic mass is 19.4. The zero-order chi connectivity index (χ0) is 15.3. The fourth-order valence-corrected chi connectivity index (χ4v) is 2.76. The second-order valence-electron chi connectivity index (χ2n) is 5.96. The average molecular weight is 299 g/mol. The molecule has 1 nitrogen and oxygen atoms in total. The molecule has 0 radical (unpaired) electrons. The molecule has 2 rings (SSSR count). The Morgan fingerprint density at radius 3 is 2.33 bits per heavy atom. The highest BCUT2D eigenvalue weighted by Gasteiger charge is 2.28. The fourth-order valence-electron chi connectivity index (χ4n) is 2.76. The maximum atomic E-state index is 12.4. The number of alkyl halides is 3. The van der Waals surface area contributed by atoms with Gasteiger partial charge in [-0.3, -0.25) is 0 Å². The molecule has 118 valence electrons. The highest BCUT2D eigenvalue weighted by Crippen LogP contribution is 2.37. The molecule has 1 saturated carbocycles. The molecule has 0 saturated heterocycles. The first-order valence-corrected chi connectivity index (χ1v) is 7.89. The summed E-state index contributed by atoms with van der Waals surface area (Å²) in [5, 5.41) is 3.23. The van der Waals surface area contributed by atoms with Gasteiger partial charge in [0.25, 0.3) is 0 Å². The van der Waals surface area contributed by atoms with Gasteiger partial charge in [-0.1, -0.05) is 37.6 Å². The molecule has 0 aliphatic heterocycles. The minimum atomic E-state index is -4.09. The number of nitrogens with one attached hydrogen (secondary N) is 1. The van der Waals surface area contributed by atoms with Crippen molar-refractivity contribution in [2.75, 3.05) is 6.54 Å². The van der Waals surface area contributed by atoms with E-state index in [0.717, 1.165) is 18.5 Å². The summed E-state index contributed by atoms with van der Waals surface area (Å²) >= 11 is 0. The van der Waals surface area contributed by atoms with Crippen molar-refractivity contribution in [2.24, 2.45) is 0 Å². The molecule has 0 spiro atoms. The fraction of sp³-hybridized carbons (Fsp3) is 0.647. The van der Waals surface area contributed by atoms with Gasteiger partial charge in [-0.25, -0.2) is 0 Å². The summed E-state index contributed by atoms with van der Waals surface area (Å²) in [6.45, 7) is 2.76. The molecule has 1 aliphatic carbocycles. The van der Waals surface area contributed by atoms with Crippen LogP contribution in [0.2, 0.25) is 0 Å². The largest absolute Gasteiger partial charge is 0.389 e. The van der Waals surface area contributed by atoms with Crippen LogP contribution in [0, 0.1) is 0 Å². The molecule has 1 aromatic rings. The van der Waals surface area contributed by atoms with Gasteiger partial charge in [0.15, 0.2) is 0 Å². The van der Waals surface area contributed by atoms with Crippen LogP contribution in [0.1, 0.15) is 68.5 Å². The lowest BCUT2D eigenvalue weighted by Gasteiger charge is -2.26. The topological polar surface area (TPSA) is 12.0 Å². The van der Waals surface area contributed by atoms with E-state index in [9.17, 15) is 13.2 Å². The van der Waals surface area contributed by atoms with Gasteiger partial charge in [-0.05, 0) is 49.3 Å². The van der Waals surface area contributed by atoms with Gasteiger partial charge < -0.3 is 5.32 Å². The Morgan fingerprint density at radius 1 is 1.19 bits per heavy atom. The normalized spacial score (nSPS) is 17.5. The van der Waals surface area contributed by atoms with Crippen molar-refractivity contribution < 1.29 is 13.2 Å². The van der Waals surface area contributed by atoms with E-state index in [2.05, 4.69) is 17.4 Å². The van der Waals surface area contributed by atoms with E-state index in [4.69, 9.17) is 0 Å². The Bertz CT molecular complexity index is 421. The number of rotatable bonds is 7. The van der Waals surface area contributed by atoms with E-state index in [1.807, 2.05) is 19.1 Å². The zero-order valence-electron chi connectivity index (χ0n) is 12.5. The van der Waals surface area contributed by atoms with E-state index in [0.29, 0.717) is 5.92 Å². The van der Waals surface area contributed by atoms with E-state index < -0.39 is 12.6 Å². The zero-order valence-corrected chi connectivity index (χ0v) is 12.5. The first-order valence-electron chi connectivity index (χ1n) is 7.89. The third kappa shape index (κ3) is 5.03. The van der Waals surface area contributed by atoms with Crippen LogP contribution in [-0.4, -0.2) is 12.7 Å². The molecule has 0 aromatic heterocycles. The molecule has 1 fully saturated rings. The number of benzene rings is 1. The SMILES string of the molecule is CCCNC(CCC(F)(F)F)c1ccc(C2CCC2)cc1. The van der Waals surface area contributed by atoms with Crippen LogP contribution in [0.5, 0.6) is 0 Å². The summed E-state index contributed by atoms with van der Waals surface area (Å²) in [5.74, 6) is 0.663. The summed E-state index contributed by atoms with van der Waals surface area (Å²) in [6.07, 6.45) is -0.0275. The third-order valence-corrected chi connectivity index (χ3v) is 4.27. The third-order valence-electron chi connectivity index (χ3n) is 4.27. The standard InChI is InChI=1S/C17H24F3N/c1-2-12-21-16(10-11-17(18,19)20)15-8-6-14(7-9-15)13-4-3-5-13/h6-9,13,16,21H,2-5,10-12H2,1H3. The predicted molar refractivity (Wildman–Crippen MR) is 79.4 cm³/mol. The summed E-state index contributed by atoms with van der Waals surface area (Å²) in [4.78, 5) is 0. The smallest absolute Gasteiger partial charge is 0.310 e. The van der Waals surface area contributed by atoms with Crippen LogP contribution >= 0.6 is 0 Å². The lowest BCUT2D eigenvalue weighted by molar-refractivity contribution is -0.136. The number of hydrogen-bond donors (Lipinski definition) is 1. The Morgan fingerprint density at radius 2 is 1.86 bits per heavy atom. The van der Waals surface area contributed by atoms with Gasteiger partial charge in [0.1, 0.15) is 0 Å². The van der Waals surface area contributed by atoms with Gasteiger partial charge in [0.2, 0.25) is 0 Å². The van der Waals surface area contributed by atoms with Crippen molar-refractivity contribution in [3.05, 3.63) is 35.4 Å². The maximum absolute atomic E-state index is 12.4. The van der Waals surface area contributed by atoms with E-state index in [1.165, 1.54) is 24.8 Å². The van der Waals surface area contributed by atoms with E-state index in [-0.39, 0.29) is 12.5 Å². The van der Waals surface area contributed by atoms with Gasteiger partial charge in [-0.15, -0.1) is 0 Å². The van der Waals surface area contributed by atoms with Crippen molar-refractivity contribution in [1.29, 1.82) is 0 Å². The quantitative estimate of drug-likeness (QED) is 0.717. The second kappa shape index (κ2) is 7.30. The molecule has 4 heteroatoms. The molecule has 1 aromatic carbocycles. The van der Waals surface area contributed by atoms with Crippen LogP contribution in [0.4, 0.5) is 13.2 Å². The van der Waals surface area contributed by atoms with Crippen molar-refractivity contribution in [3.8, 4) is 0 Å². The molecular weight excluding hydrogens is 275 g/mol. The van der Waals surface area contributed by atoms with Crippen LogP contribution in [0.25, 0.3) is 0 Å². The predicted octanol–water partition coefficient (Wildman–Crippen LogP) is 5.34. The molecule has 0 heterocycles. The molecule has 1 atom stereocenters. The summed E-state index contributed by atoms with van der Waals surface area (Å²) in [6, 6.07) is 7.97. The first-order chi connectivity index (χ1) is 9.99. The maximum Gasteiger partial charge on any atom is 0.389 e.